The van der Waals surface area contributed by atoms with Crippen molar-refractivity contribution in [3.8, 4) is 11.1 Å². The summed E-state index contributed by atoms with van der Waals surface area (Å²) in [5.74, 6) is 0. The maximum atomic E-state index is 13.0. The van der Waals surface area contributed by atoms with Crippen molar-refractivity contribution >= 4 is 52.0 Å². The van der Waals surface area contributed by atoms with Gasteiger partial charge < -0.3 is 15.2 Å². The minimum Gasteiger partial charge on any atom is -0.588 e. The van der Waals surface area contributed by atoms with Gasteiger partial charge in [-0.05, 0) is 59.7 Å². The highest BCUT2D eigenvalue weighted by molar-refractivity contribution is 7.92. The molecule has 1 unspecified atom stereocenters. The van der Waals surface area contributed by atoms with Gasteiger partial charge in [0.25, 0.3) is 0 Å². The van der Waals surface area contributed by atoms with Crippen molar-refractivity contribution in [1.29, 1.82) is 0 Å². The van der Waals surface area contributed by atoms with Gasteiger partial charge in [0.15, 0.2) is 4.90 Å². The number of amides is 2. The summed E-state index contributed by atoms with van der Waals surface area (Å²) in [5, 5.41) is 6.44. The average molecular weight is 510 g/mol. The SMILES string of the molecule is O=C(NCc1ccc(Cl)c(Cl)c1)Nc1ccc(N[S+]([O-])c2ccccc2-c2ccccc2)cc1. The fourth-order valence-electron chi connectivity index (χ4n) is 3.28. The molecule has 4 aromatic rings. The van der Waals surface area contributed by atoms with Gasteiger partial charge in [0.05, 0.1) is 15.7 Å². The zero-order valence-electron chi connectivity index (χ0n) is 17.9. The molecular weight excluding hydrogens is 489 g/mol. The van der Waals surface area contributed by atoms with Crippen molar-refractivity contribution in [2.24, 2.45) is 0 Å². The molecule has 0 spiro atoms. The van der Waals surface area contributed by atoms with E-state index in [1.807, 2.05) is 54.6 Å². The molecule has 0 radical (unpaired) electrons. The highest BCUT2D eigenvalue weighted by atomic mass is 35.5. The molecule has 4 aromatic carbocycles. The molecular formula is C26H21Cl2N3O2S. The van der Waals surface area contributed by atoms with E-state index in [1.54, 1.807) is 42.5 Å². The second-order valence-corrected chi connectivity index (χ2v) is 9.36. The number of benzene rings is 4. The van der Waals surface area contributed by atoms with Crippen LogP contribution in [0.1, 0.15) is 5.56 Å². The van der Waals surface area contributed by atoms with E-state index in [2.05, 4.69) is 15.4 Å². The third-order valence-electron chi connectivity index (χ3n) is 4.96. The lowest BCUT2D eigenvalue weighted by Crippen LogP contribution is -2.28. The molecule has 5 nitrogen and oxygen atoms in total. The Morgan fingerprint density at radius 1 is 0.794 bits per heavy atom. The van der Waals surface area contributed by atoms with Crippen LogP contribution in [0.25, 0.3) is 11.1 Å². The Morgan fingerprint density at radius 2 is 1.47 bits per heavy atom. The van der Waals surface area contributed by atoms with Crippen LogP contribution in [0.4, 0.5) is 16.2 Å². The normalized spacial score (nSPS) is 11.5. The summed E-state index contributed by atoms with van der Waals surface area (Å²) in [5.41, 5.74) is 4.02. The maximum Gasteiger partial charge on any atom is 0.319 e. The molecule has 0 heterocycles. The molecule has 2 amide bonds. The van der Waals surface area contributed by atoms with E-state index >= 15 is 0 Å². The maximum absolute atomic E-state index is 13.0. The molecule has 0 bridgehead atoms. The van der Waals surface area contributed by atoms with Gasteiger partial charge in [-0.2, -0.15) is 0 Å². The van der Waals surface area contributed by atoms with Crippen LogP contribution in [0.2, 0.25) is 10.0 Å². The second-order valence-electron chi connectivity index (χ2n) is 7.37. The number of carbonyl (C=O) groups is 1. The topological polar surface area (TPSA) is 76.2 Å². The van der Waals surface area contributed by atoms with Crippen molar-refractivity contribution in [2.75, 3.05) is 10.0 Å². The van der Waals surface area contributed by atoms with Crippen LogP contribution in [-0.2, 0) is 17.9 Å². The highest BCUT2D eigenvalue weighted by Gasteiger charge is 2.18. The lowest BCUT2D eigenvalue weighted by Gasteiger charge is -2.15. The number of nitrogens with one attached hydrogen (secondary N) is 3. The molecule has 0 aliphatic rings. The van der Waals surface area contributed by atoms with Gasteiger partial charge in [-0.25, -0.2) is 9.52 Å². The van der Waals surface area contributed by atoms with Gasteiger partial charge in [0, 0.05) is 17.8 Å². The summed E-state index contributed by atoms with van der Waals surface area (Å²) in [4.78, 5) is 12.9. The number of halogens is 2. The Kier molecular flexibility index (Phi) is 7.98. The number of hydrogen-bond donors (Lipinski definition) is 3. The first-order valence-electron chi connectivity index (χ1n) is 10.4. The molecule has 4 rings (SSSR count). The highest BCUT2D eigenvalue weighted by Crippen LogP contribution is 2.29. The van der Waals surface area contributed by atoms with E-state index < -0.39 is 11.4 Å². The molecule has 172 valence electrons. The van der Waals surface area contributed by atoms with Gasteiger partial charge in [0.1, 0.15) is 11.4 Å². The number of rotatable bonds is 7. The summed E-state index contributed by atoms with van der Waals surface area (Å²) < 4.78 is 16.1. The number of anilines is 2. The third-order valence-corrected chi connectivity index (χ3v) is 6.88. The Hall–Kier alpha value is -3.16. The van der Waals surface area contributed by atoms with Gasteiger partial charge >= 0.3 is 6.03 Å². The van der Waals surface area contributed by atoms with E-state index in [1.165, 1.54) is 0 Å². The minimum atomic E-state index is -1.46. The summed E-state index contributed by atoms with van der Waals surface area (Å²) in [6, 6.07) is 29.3. The average Bonchev–Trinajstić information content (AvgIpc) is 2.86. The van der Waals surface area contributed by atoms with E-state index in [9.17, 15) is 9.35 Å². The fraction of sp³-hybridized carbons (Fsp3) is 0.0385. The number of urea groups is 1. The minimum absolute atomic E-state index is 0.308. The zero-order chi connectivity index (χ0) is 23.9. The van der Waals surface area contributed by atoms with Crippen LogP contribution in [-0.4, -0.2) is 10.6 Å². The lowest BCUT2D eigenvalue weighted by atomic mass is 10.1. The van der Waals surface area contributed by atoms with Crippen LogP contribution >= 0.6 is 23.2 Å². The molecule has 0 saturated carbocycles. The molecule has 8 heteroatoms. The summed E-state index contributed by atoms with van der Waals surface area (Å²) in [6.45, 7) is 0.308. The van der Waals surface area contributed by atoms with Gasteiger partial charge in [-0.1, -0.05) is 71.7 Å². The van der Waals surface area contributed by atoms with Gasteiger partial charge in [-0.15, -0.1) is 0 Å². The molecule has 34 heavy (non-hydrogen) atoms. The first-order valence-corrected chi connectivity index (χ1v) is 12.3. The van der Waals surface area contributed by atoms with Crippen molar-refractivity contribution in [3.63, 3.8) is 0 Å². The van der Waals surface area contributed by atoms with Crippen molar-refractivity contribution in [3.05, 3.63) is 113 Å². The molecule has 3 N–H and O–H groups in total. The summed E-state index contributed by atoms with van der Waals surface area (Å²) in [7, 11) is 0. The van der Waals surface area contributed by atoms with Crippen LogP contribution in [0.15, 0.2) is 102 Å². The van der Waals surface area contributed by atoms with Crippen molar-refractivity contribution in [2.45, 2.75) is 11.4 Å². The van der Waals surface area contributed by atoms with E-state index in [4.69, 9.17) is 23.2 Å². The molecule has 0 aliphatic carbocycles. The largest absolute Gasteiger partial charge is 0.588 e. The molecule has 0 fully saturated rings. The molecule has 1 atom stereocenters. The Bertz CT molecular complexity index is 1270. The summed E-state index contributed by atoms with van der Waals surface area (Å²) in [6.07, 6.45) is 0. The zero-order valence-corrected chi connectivity index (χ0v) is 20.3. The molecule has 0 aliphatic heterocycles. The van der Waals surface area contributed by atoms with E-state index in [0.717, 1.165) is 16.7 Å². The Labute approximate surface area is 211 Å². The Morgan fingerprint density at radius 3 is 2.21 bits per heavy atom. The van der Waals surface area contributed by atoms with Crippen molar-refractivity contribution in [1.82, 2.24) is 5.32 Å². The molecule has 0 aromatic heterocycles. The summed E-state index contributed by atoms with van der Waals surface area (Å²) >= 11 is 10.4. The first kappa shape index (κ1) is 24.0. The van der Waals surface area contributed by atoms with Crippen molar-refractivity contribution < 1.29 is 9.35 Å². The first-order chi connectivity index (χ1) is 16.5. The van der Waals surface area contributed by atoms with Gasteiger partial charge in [-0.3, -0.25) is 0 Å². The quantitative estimate of drug-likeness (QED) is 0.232. The second kappa shape index (κ2) is 11.3. The van der Waals surface area contributed by atoms with Crippen LogP contribution in [0.5, 0.6) is 0 Å². The Balaban J connectivity index is 1.35. The predicted molar refractivity (Wildman–Crippen MR) is 141 cm³/mol. The number of carbonyl (C=O) groups excluding carboxylic acids is 1. The molecule has 0 saturated heterocycles. The lowest BCUT2D eigenvalue weighted by molar-refractivity contribution is 0.251. The fourth-order valence-corrected chi connectivity index (χ4v) is 4.64. The standard InChI is InChI=1S/C26H21Cl2N3O2S/c27-23-15-10-18(16-24(23)28)17-29-26(32)30-20-11-13-21(14-12-20)31-34(33)25-9-5-4-8-22(25)19-6-2-1-3-7-19/h1-16,31H,17H2,(H2,29,30,32). The van der Waals surface area contributed by atoms with E-state index in [-0.39, 0.29) is 6.03 Å². The van der Waals surface area contributed by atoms with Gasteiger partial charge in [0.2, 0.25) is 0 Å². The number of hydrogen-bond acceptors (Lipinski definition) is 3. The predicted octanol–water partition coefficient (Wildman–Crippen LogP) is 7.12. The van der Waals surface area contributed by atoms with Crippen LogP contribution in [0, 0.1) is 0 Å². The van der Waals surface area contributed by atoms with E-state index in [0.29, 0.717) is 32.9 Å². The monoisotopic (exact) mass is 509 g/mol. The third kappa shape index (κ3) is 6.24. The van der Waals surface area contributed by atoms with Crippen LogP contribution in [0.3, 0.4) is 0 Å². The van der Waals surface area contributed by atoms with Crippen LogP contribution < -0.4 is 15.4 Å². The smallest absolute Gasteiger partial charge is 0.319 e.